The third-order valence-corrected chi connectivity index (χ3v) is 4.34. The Balaban J connectivity index is 2.63. The van der Waals surface area contributed by atoms with Crippen LogP contribution in [0.5, 0.6) is 17.2 Å². The Hall–Kier alpha value is -2.06. The molecule has 0 bridgehead atoms. The maximum Gasteiger partial charge on any atom is 0.356 e. The zero-order chi connectivity index (χ0) is 17.0. The van der Waals surface area contributed by atoms with Crippen LogP contribution >= 0.6 is 23.6 Å². The summed E-state index contributed by atoms with van der Waals surface area (Å²) in [5.41, 5.74) is 1.04. The van der Waals surface area contributed by atoms with Crippen LogP contribution < -0.4 is 14.2 Å². The van der Waals surface area contributed by atoms with Crippen molar-refractivity contribution in [2.45, 2.75) is 6.92 Å². The molecule has 0 saturated carbocycles. The molecule has 124 valence electrons. The van der Waals surface area contributed by atoms with Gasteiger partial charge in [-0.2, -0.15) is 0 Å². The van der Waals surface area contributed by atoms with Crippen molar-refractivity contribution in [2.75, 3.05) is 27.9 Å². The Bertz CT molecular complexity index is 740. The maximum absolute atomic E-state index is 12.1. The Kier molecular flexibility index (Phi) is 5.62. The molecule has 2 rings (SSSR count). The fourth-order valence-corrected chi connectivity index (χ4v) is 3.25. The van der Waals surface area contributed by atoms with Crippen LogP contribution in [-0.2, 0) is 4.74 Å². The standard InChI is InChI=1S/C15H17NO5S2/c1-5-21-14(17)11-13(23-15(22)16-11)8-6-9(18-2)12(20-4)10(7-8)19-3/h6-7H,5H2,1-4H3,(H,16,22). The van der Waals surface area contributed by atoms with Gasteiger partial charge >= 0.3 is 5.97 Å². The zero-order valence-electron chi connectivity index (χ0n) is 13.2. The van der Waals surface area contributed by atoms with Gasteiger partial charge in [0.15, 0.2) is 15.5 Å². The minimum Gasteiger partial charge on any atom is -0.493 e. The lowest BCUT2D eigenvalue weighted by Gasteiger charge is -2.14. The fourth-order valence-electron chi connectivity index (χ4n) is 2.09. The molecule has 1 aromatic carbocycles. The Morgan fingerprint density at radius 2 is 1.78 bits per heavy atom. The summed E-state index contributed by atoms with van der Waals surface area (Å²) in [4.78, 5) is 15.6. The summed E-state index contributed by atoms with van der Waals surface area (Å²) in [7, 11) is 4.60. The number of ether oxygens (including phenoxy) is 4. The third-order valence-electron chi connectivity index (χ3n) is 3.06. The largest absolute Gasteiger partial charge is 0.493 e. The zero-order valence-corrected chi connectivity index (χ0v) is 14.9. The molecule has 0 radical (unpaired) electrons. The molecule has 0 aliphatic rings. The lowest BCUT2D eigenvalue weighted by molar-refractivity contribution is 0.0521. The van der Waals surface area contributed by atoms with E-state index in [1.165, 1.54) is 32.7 Å². The van der Waals surface area contributed by atoms with Gasteiger partial charge in [0, 0.05) is 5.56 Å². The second kappa shape index (κ2) is 7.47. The highest BCUT2D eigenvalue weighted by Gasteiger charge is 2.21. The van der Waals surface area contributed by atoms with Gasteiger partial charge in [0.05, 0.1) is 32.8 Å². The van der Waals surface area contributed by atoms with Gasteiger partial charge in [-0.25, -0.2) is 4.79 Å². The number of carbonyl (C=O) groups excluding carboxylic acids is 1. The average Bonchev–Trinajstić information content (AvgIpc) is 2.95. The minimum atomic E-state index is -0.455. The van der Waals surface area contributed by atoms with E-state index in [4.69, 9.17) is 31.2 Å². The second-order valence-electron chi connectivity index (χ2n) is 4.35. The predicted octanol–water partition coefficient (Wildman–Crippen LogP) is 3.68. The van der Waals surface area contributed by atoms with E-state index in [0.717, 1.165) is 5.56 Å². The van der Waals surface area contributed by atoms with Crippen molar-refractivity contribution in [3.05, 3.63) is 21.8 Å². The fraction of sp³-hybridized carbons (Fsp3) is 0.333. The van der Waals surface area contributed by atoms with Gasteiger partial charge in [0.1, 0.15) is 5.69 Å². The second-order valence-corrected chi connectivity index (χ2v) is 6.04. The smallest absolute Gasteiger partial charge is 0.356 e. The van der Waals surface area contributed by atoms with E-state index >= 15 is 0 Å². The molecule has 0 spiro atoms. The summed E-state index contributed by atoms with van der Waals surface area (Å²) >= 11 is 6.44. The van der Waals surface area contributed by atoms with Crippen molar-refractivity contribution in [1.29, 1.82) is 0 Å². The molecule has 8 heteroatoms. The number of benzene rings is 1. The predicted molar refractivity (Wildman–Crippen MR) is 90.6 cm³/mol. The molecule has 6 nitrogen and oxygen atoms in total. The Morgan fingerprint density at radius 1 is 1.17 bits per heavy atom. The number of hydrogen-bond donors (Lipinski definition) is 1. The molecule has 0 aliphatic heterocycles. The first kappa shape index (κ1) is 17.3. The monoisotopic (exact) mass is 355 g/mol. The van der Waals surface area contributed by atoms with Crippen LogP contribution in [0.2, 0.25) is 0 Å². The van der Waals surface area contributed by atoms with E-state index in [1.807, 2.05) is 0 Å². The Labute approximate surface area is 143 Å². The number of esters is 1. The molecule has 0 atom stereocenters. The molecule has 2 aromatic rings. The number of thiazole rings is 1. The number of aromatic amines is 1. The SMILES string of the molecule is CCOC(=O)c1[nH]c(=S)sc1-c1cc(OC)c(OC)c(OC)c1. The number of H-pyrrole nitrogens is 1. The summed E-state index contributed by atoms with van der Waals surface area (Å²) in [6.07, 6.45) is 0. The molecule has 0 fully saturated rings. The number of hydrogen-bond acceptors (Lipinski definition) is 7. The van der Waals surface area contributed by atoms with Crippen LogP contribution in [-0.4, -0.2) is 38.9 Å². The first-order valence-corrected chi connectivity index (χ1v) is 7.98. The van der Waals surface area contributed by atoms with E-state index in [-0.39, 0.29) is 6.61 Å². The van der Waals surface area contributed by atoms with Crippen LogP contribution in [0.15, 0.2) is 12.1 Å². The van der Waals surface area contributed by atoms with E-state index < -0.39 is 5.97 Å². The van der Waals surface area contributed by atoms with E-state index in [9.17, 15) is 4.79 Å². The van der Waals surface area contributed by atoms with Crippen LogP contribution in [0.1, 0.15) is 17.4 Å². The summed E-state index contributed by atoms with van der Waals surface area (Å²) in [6, 6.07) is 3.52. The normalized spacial score (nSPS) is 10.3. The highest BCUT2D eigenvalue weighted by molar-refractivity contribution is 7.73. The number of rotatable bonds is 6. The Morgan fingerprint density at radius 3 is 2.26 bits per heavy atom. The van der Waals surface area contributed by atoms with Crippen molar-refractivity contribution in [1.82, 2.24) is 4.98 Å². The number of aromatic nitrogens is 1. The van der Waals surface area contributed by atoms with Gasteiger partial charge in [0.25, 0.3) is 0 Å². The number of nitrogens with one attached hydrogen (secondary N) is 1. The van der Waals surface area contributed by atoms with Gasteiger partial charge in [-0.1, -0.05) is 0 Å². The van der Waals surface area contributed by atoms with Crippen molar-refractivity contribution in [3.63, 3.8) is 0 Å². The lowest BCUT2D eigenvalue weighted by atomic mass is 10.1. The van der Waals surface area contributed by atoms with Gasteiger partial charge in [-0.3, -0.25) is 0 Å². The molecule has 0 unspecified atom stereocenters. The first-order chi connectivity index (χ1) is 11.0. The summed E-state index contributed by atoms with van der Waals surface area (Å²) < 4.78 is 21.5. The number of carbonyl (C=O) groups is 1. The molecule has 0 amide bonds. The molecular formula is C15H17NO5S2. The van der Waals surface area contributed by atoms with Gasteiger partial charge in [0.2, 0.25) is 5.75 Å². The van der Waals surface area contributed by atoms with Crippen molar-refractivity contribution in [3.8, 4) is 27.7 Å². The summed E-state index contributed by atoms with van der Waals surface area (Å²) in [6.45, 7) is 2.03. The maximum atomic E-state index is 12.1. The average molecular weight is 355 g/mol. The van der Waals surface area contributed by atoms with Crippen LogP contribution in [0.25, 0.3) is 10.4 Å². The highest BCUT2D eigenvalue weighted by atomic mass is 32.1. The minimum absolute atomic E-state index is 0.282. The van der Waals surface area contributed by atoms with Gasteiger partial charge in [-0.05, 0) is 31.3 Å². The van der Waals surface area contributed by atoms with E-state index in [0.29, 0.717) is 31.8 Å². The molecule has 1 N–H and O–H groups in total. The summed E-state index contributed by atoms with van der Waals surface area (Å²) in [5, 5.41) is 0. The molecular weight excluding hydrogens is 338 g/mol. The van der Waals surface area contributed by atoms with Crippen molar-refractivity contribution in [2.24, 2.45) is 0 Å². The van der Waals surface area contributed by atoms with Crippen LogP contribution in [0.3, 0.4) is 0 Å². The molecule has 0 aliphatic carbocycles. The topological polar surface area (TPSA) is 69.8 Å². The number of methoxy groups -OCH3 is 3. The van der Waals surface area contributed by atoms with E-state index in [2.05, 4.69) is 4.98 Å². The molecule has 0 saturated heterocycles. The quantitative estimate of drug-likeness (QED) is 0.630. The van der Waals surface area contributed by atoms with Crippen molar-refractivity contribution >= 4 is 29.5 Å². The highest BCUT2D eigenvalue weighted by Crippen LogP contribution is 2.43. The molecule has 1 heterocycles. The third kappa shape index (κ3) is 3.48. The van der Waals surface area contributed by atoms with Gasteiger partial charge < -0.3 is 23.9 Å². The first-order valence-electron chi connectivity index (χ1n) is 6.76. The van der Waals surface area contributed by atoms with E-state index in [1.54, 1.807) is 19.1 Å². The van der Waals surface area contributed by atoms with Crippen molar-refractivity contribution < 1.29 is 23.7 Å². The molecule has 23 heavy (non-hydrogen) atoms. The lowest BCUT2D eigenvalue weighted by Crippen LogP contribution is -2.06. The molecule has 1 aromatic heterocycles. The summed E-state index contributed by atoms with van der Waals surface area (Å²) in [5.74, 6) is 1.02. The van der Waals surface area contributed by atoms with Crippen LogP contribution in [0, 0.1) is 3.95 Å². The van der Waals surface area contributed by atoms with Gasteiger partial charge in [-0.15, -0.1) is 11.3 Å². The van der Waals surface area contributed by atoms with Crippen LogP contribution in [0.4, 0.5) is 0 Å².